The van der Waals surface area contributed by atoms with Crippen LogP contribution >= 0.6 is 0 Å². The first-order valence-corrected chi connectivity index (χ1v) is 10.3. The van der Waals surface area contributed by atoms with E-state index in [2.05, 4.69) is 10.6 Å². The van der Waals surface area contributed by atoms with Gasteiger partial charge in [-0.3, -0.25) is 9.59 Å². The van der Waals surface area contributed by atoms with Crippen LogP contribution in [-0.4, -0.2) is 36.1 Å². The van der Waals surface area contributed by atoms with E-state index in [9.17, 15) is 9.59 Å². The lowest BCUT2D eigenvalue weighted by molar-refractivity contribution is -0.115. The fourth-order valence-electron chi connectivity index (χ4n) is 3.59. The Balaban J connectivity index is 1.62. The number of benzene rings is 2. The highest BCUT2D eigenvalue weighted by atomic mass is 16.5. The highest BCUT2D eigenvalue weighted by Crippen LogP contribution is 2.26. The number of para-hydroxylation sites is 1. The molecule has 2 N–H and O–H groups in total. The number of anilines is 1. The lowest BCUT2D eigenvalue weighted by Gasteiger charge is -2.13. The molecule has 2 heterocycles. The van der Waals surface area contributed by atoms with Gasteiger partial charge in [-0.1, -0.05) is 37.3 Å². The SMILES string of the molecule is CCC(=O)Nc1ccc(-c2cc(C(=O)NC[C@H]3CCCO3)c3ccccc3n2)cc1. The molecule has 1 aliphatic heterocycles. The summed E-state index contributed by atoms with van der Waals surface area (Å²) in [6.07, 6.45) is 2.53. The van der Waals surface area contributed by atoms with Gasteiger partial charge in [-0.05, 0) is 37.1 Å². The molecule has 0 aliphatic carbocycles. The predicted molar refractivity (Wildman–Crippen MR) is 117 cm³/mol. The van der Waals surface area contributed by atoms with Crippen molar-refractivity contribution in [2.24, 2.45) is 0 Å². The van der Waals surface area contributed by atoms with Crippen LogP contribution in [0.25, 0.3) is 22.2 Å². The highest BCUT2D eigenvalue weighted by molar-refractivity contribution is 6.07. The van der Waals surface area contributed by atoms with E-state index in [1.54, 1.807) is 0 Å². The maximum Gasteiger partial charge on any atom is 0.252 e. The number of amides is 2. The van der Waals surface area contributed by atoms with E-state index in [1.165, 1.54) is 0 Å². The monoisotopic (exact) mass is 403 g/mol. The molecular formula is C24H25N3O3. The summed E-state index contributed by atoms with van der Waals surface area (Å²) in [5.74, 6) is -0.158. The number of fused-ring (bicyclic) bond motifs is 1. The van der Waals surface area contributed by atoms with Gasteiger partial charge in [-0.25, -0.2) is 4.98 Å². The second-order valence-corrected chi connectivity index (χ2v) is 7.40. The summed E-state index contributed by atoms with van der Waals surface area (Å²) in [4.78, 5) is 29.3. The zero-order valence-electron chi connectivity index (χ0n) is 17.0. The fourth-order valence-corrected chi connectivity index (χ4v) is 3.59. The van der Waals surface area contributed by atoms with Crippen LogP contribution in [0.15, 0.2) is 54.6 Å². The summed E-state index contributed by atoms with van der Waals surface area (Å²) in [7, 11) is 0. The van der Waals surface area contributed by atoms with Gasteiger partial charge < -0.3 is 15.4 Å². The second kappa shape index (κ2) is 9.05. The third-order valence-electron chi connectivity index (χ3n) is 5.26. The number of carbonyl (C=O) groups is 2. The van der Waals surface area contributed by atoms with Crippen molar-refractivity contribution in [2.75, 3.05) is 18.5 Å². The number of ether oxygens (including phenoxy) is 1. The van der Waals surface area contributed by atoms with Crippen molar-refractivity contribution >= 4 is 28.4 Å². The summed E-state index contributed by atoms with van der Waals surface area (Å²) in [5.41, 5.74) is 3.69. The first-order valence-electron chi connectivity index (χ1n) is 10.3. The molecular weight excluding hydrogens is 378 g/mol. The summed E-state index contributed by atoms with van der Waals surface area (Å²) in [6, 6.07) is 17.0. The van der Waals surface area contributed by atoms with Crippen LogP contribution in [0.2, 0.25) is 0 Å². The molecule has 0 bridgehead atoms. The van der Waals surface area contributed by atoms with Crippen LogP contribution in [0, 0.1) is 0 Å². The van der Waals surface area contributed by atoms with Crippen LogP contribution < -0.4 is 10.6 Å². The topological polar surface area (TPSA) is 80.3 Å². The molecule has 154 valence electrons. The Hall–Kier alpha value is -3.25. The Bertz CT molecular complexity index is 1060. The molecule has 2 aromatic carbocycles. The minimum absolute atomic E-state index is 0.0308. The average molecular weight is 403 g/mol. The fraction of sp³-hybridized carbons (Fsp3) is 0.292. The first-order chi connectivity index (χ1) is 14.6. The van der Waals surface area contributed by atoms with E-state index in [4.69, 9.17) is 9.72 Å². The number of nitrogens with one attached hydrogen (secondary N) is 2. The Labute approximate surface area is 175 Å². The van der Waals surface area contributed by atoms with Crippen LogP contribution in [0.4, 0.5) is 5.69 Å². The van der Waals surface area contributed by atoms with E-state index in [1.807, 2.05) is 61.5 Å². The standard InChI is InChI=1S/C24H25N3O3/c1-2-23(28)26-17-11-9-16(10-12-17)22-14-20(19-7-3-4-8-21(19)27-22)24(29)25-15-18-6-5-13-30-18/h3-4,7-12,14,18H,2,5-6,13,15H2,1H3,(H,25,29)(H,26,28)/t18-/m1/s1. The van der Waals surface area contributed by atoms with Crippen molar-refractivity contribution in [3.8, 4) is 11.3 Å². The van der Waals surface area contributed by atoms with Crippen molar-refractivity contribution in [1.82, 2.24) is 10.3 Å². The number of carbonyl (C=O) groups excluding carboxylic acids is 2. The molecule has 6 nitrogen and oxygen atoms in total. The summed E-state index contributed by atoms with van der Waals surface area (Å²) >= 11 is 0. The number of rotatable bonds is 6. The van der Waals surface area contributed by atoms with Crippen LogP contribution in [0.1, 0.15) is 36.5 Å². The third kappa shape index (κ3) is 4.49. The molecule has 1 aliphatic rings. The maximum absolute atomic E-state index is 13.0. The van der Waals surface area contributed by atoms with Gasteiger partial charge in [0.15, 0.2) is 0 Å². The van der Waals surface area contributed by atoms with E-state index >= 15 is 0 Å². The Kier molecular flexibility index (Phi) is 6.05. The van der Waals surface area contributed by atoms with Crippen LogP contribution in [0.3, 0.4) is 0 Å². The van der Waals surface area contributed by atoms with Crippen molar-refractivity contribution in [2.45, 2.75) is 32.3 Å². The summed E-state index contributed by atoms with van der Waals surface area (Å²) in [6.45, 7) is 3.09. The molecule has 4 rings (SSSR count). The zero-order chi connectivity index (χ0) is 20.9. The molecule has 1 saturated heterocycles. The van der Waals surface area contributed by atoms with Gasteiger partial charge in [0, 0.05) is 36.2 Å². The van der Waals surface area contributed by atoms with Gasteiger partial charge in [0.2, 0.25) is 5.91 Å². The zero-order valence-corrected chi connectivity index (χ0v) is 17.0. The predicted octanol–water partition coefficient (Wildman–Crippen LogP) is 4.16. The number of aromatic nitrogens is 1. The van der Waals surface area contributed by atoms with Crippen molar-refractivity contribution in [3.05, 3.63) is 60.2 Å². The lowest BCUT2D eigenvalue weighted by Crippen LogP contribution is -2.31. The molecule has 2 amide bonds. The van der Waals surface area contributed by atoms with E-state index in [-0.39, 0.29) is 17.9 Å². The second-order valence-electron chi connectivity index (χ2n) is 7.40. The van der Waals surface area contributed by atoms with Gasteiger partial charge in [-0.15, -0.1) is 0 Å². The van der Waals surface area contributed by atoms with Crippen LogP contribution in [-0.2, 0) is 9.53 Å². The van der Waals surface area contributed by atoms with E-state index in [0.717, 1.165) is 41.6 Å². The van der Waals surface area contributed by atoms with Crippen LogP contribution in [0.5, 0.6) is 0 Å². The summed E-state index contributed by atoms with van der Waals surface area (Å²) < 4.78 is 5.61. The lowest BCUT2D eigenvalue weighted by atomic mass is 10.0. The van der Waals surface area contributed by atoms with Crippen molar-refractivity contribution in [1.29, 1.82) is 0 Å². The van der Waals surface area contributed by atoms with Crippen molar-refractivity contribution < 1.29 is 14.3 Å². The molecule has 6 heteroatoms. The molecule has 0 saturated carbocycles. The average Bonchev–Trinajstić information content (AvgIpc) is 3.31. The Morgan fingerprint density at radius 3 is 2.67 bits per heavy atom. The smallest absolute Gasteiger partial charge is 0.252 e. The van der Waals surface area contributed by atoms with Gasteiger partial charge in [0.05, 0.1) is 22.9 Å². The van der Waals surface area contributed by atoms with Crippen molar-refractivity contribution in [3.63, 3.8) is 0 Å². The number of hydrogen-bond donors (Lipinski definition) is 2. The minimum atomic E-state index is -0.128. The number of nitrogens with zero attached hydrogens (tertiary/aromatic N) is 1. The molecule has 0 unspecified atom stereocenters. The minimum Gasteiger partial charge on any atom is -0.376 e. The van der Waals surface area contributed by atoms with Gasteiger partial charge in [0.1, 0.15) is 0 Å². The number of pyridine rings is 1. The molecule has 3 aromatic rings. The van der Waals surface area contributed by atoms with E-state index < -0.39 is 0 Å². The first kappa shape index (κ1) is 20.0. The van der Waals surface area contributed by atoms with Gasteiger partial charge in [-0.2, -0.15) is 0 Å². The molecule has 1 aromatic heterocycles. The largest absolute Gasteiger partial charge is 0.376 e. The maximum atomic E-state index is 13.0. The molecule has 0 spiro atoms. The normalized spacial score (nSPS) is 15.8. The number of hydrogen-bond acceptors (Lipinski definition) is 4. The van der Waals surface area contributed by atoms with E-state index in [0.29, 0.717) is 24.2 Å². The van der Waals surface area contributed by atoms with Gasteiger partial charge in [0.25, 0.3) is 5.91 Å². The molecule has 30 heavy (non-hydrogen) atoms. The molecule has 1 atom stereocenters. The Morgan fingerprint density at radius 2 is 1.93 bits per heavy atom. The molecule has 1 fully saturated rings. The highest BCUT2D eigenvalue weighted by Gasteiger charge is 2.18. The third-order valence-corrected chi connectivity index (χ3v) is 5.26. The quantitative estimate of drug-likeness (QED) is 0.648. The Morgan fingerprint density at radius 1 is 1.13 bits per heavy atom. The summed E-state index contributed by atoms with van der Waals surface area (Å²) in [5, 5.41) is 6.66. The van der Waals surface area contributed by atoms with Gasteiger partial charge >= 0.3 is 0 Å². The molecule has 0 radical (unpaired) electrons.